The van der Waals surface area contributed by atoms with Crippen LogP contribution in [0.25, 0.3) is 11.0 Å². The number of esters is 1. The first-order valence-electron chi connectivity index (χ1n) is 9.94. The van der Waals surface area contributed by atoms with Crippen LogP contribution in [0.2, 0.25) is 0 Å². The Labute approximate surface area is 173 Å². The van der Waals surface area contributed by atoms with Crippen molar-refractivity contribution in [3.05, 3.63) is 65.9 Å². The summed E-state index contributed by atoms with van der Waals surface area (Å²) in [6.07, 6.45) is 1.95. The fourth-order valence-electron chi connectivity index (χ4n) is 3.36. The predicted octanol–water partition coefficient (Wildman–Crippen LogP) is 3.46. The number of carbonyl (C=O) groups is 2. The number of rotatable bonds is 8. The molecule has 0 aliphatic carbocycles. The van der Waals surface area contributed by atoms with E-state index in [1.54, 1.807) is 6.07 Å². The van der Waals surface area contributed by atoms with Crippen molar-refractivity contribution in [3.8, 4) is 5.75 Å². The second kappa shape index (κ2) is 9.45. The summed E-state index contributed by atoms with van der Waals surface area (Å²) >= 11 is 0. The molecule has 4 rings (SSSR count). The Morgan fingerprint density at radius 2 is 1.87 bits per heavy atom. The Hall–Kier alpha value is -3.32. The summed E-state index contributed by atoms with van der Waals surface area (Å²) < 4.78 is 22.2. The van der Waals surface area contributed by atoms with Gasteiger partial charge in [-0.3, -0.25) is 4.79 Å². The summed E-state index contributed by atoms with van der Waals surface area (Å²) in [6, 6.07) is 16.6. The van der Waals surface area contributed by atoms with Gasteiger partial charge in [0.1, 0.15) is 17.9 Å². The summed E-state index contributed by atoms with van der Waals surface area (Å²) in [5.74, 6) is -0.364. The molecule has 1 aromatic heterocycles. The third-order valence-electron chi connectivity index (χ3n) is 4.90. The van der Waals surface area contributed by atoms with Crippen LogP contribution in [0.1, 0.15) is 29.0 Å². The van der Waals surface area contributed by atoms with Gasteiger partial charge in [0.25, 0.3) is 5.91 Å². The molecule has 1 saturated heterocycles. The van der Waals surface area contributed by atoms with Gasteiger partial charge in [-0.1, -0.05) is 36.4 Å². The molecule has 1 atom stereocenters. The summed E-state index contributed by atoms with van der Waals surface area (Å²) in [6.45, 7) is 0.880. The van der Waals surface area contributed by atoms with Crippen LogP contribution < -0.4 is 10.1 Å². The van der Waals surface area contributed by atoms with Crippen molar-refractivity contribution in [2.24, 2.45) is 0 Å². The third-order valence-corrected chi connectivity index (χ3v) is 4.90. The Balaban J connectivity index is 1.41. The lowest BCUT2D eigenvalue weighted by Gasteiger charge is -2.11. The minimum Gasteiger partial charge on any atom is -0.489 e. The first kappa shape index (κ1) is 20.0. The third kappa shape index (κ3) is 4.80. The van der Waals surface area contributed by atoms with Crippen molar-refractivity contribution in [3.63, 3.8) is 0 Å². The number of nitrogens with one attached hydrogen (secondary N) is 1. The maximum atomic E-state index is 12.6. The van der Waals surface area contributed by atoms with Crippen molar-refractivity contribution in [1.82, 2.24) is 5.32 Å². The quantitative estimate of drug-likeness (QED) is 0.574. The van der Waals surface area contributed by atoms with Crippen molar-refractivity contribution in [2.45, 2.75) is 25.6 Å². The molecular weight excluding hydrogens is 386 g/mol. The SMILES string of the molecule is O=C(COC(=O)c1oc2ccccc2c1COc1ccccc1)NCC1CCCO1. The second-order valence-electron chi connectivity index (χ2n) is 7.02. The number of hydrogen-bond donors (Lipinski definition) is 1. The smallest absolute Gasteiger partial charge is 0.375 e. The highest BCUT2D eigenvalue weighted by Gasteiger charge is 2.23. The van der Waals surface area contributed by atoms with Gasteiger partial charge in [0.2, 0.25) is 5.76 Å². The van der Waals surface area contributed by atoms with Crippen molar-refractivity contribution in [1.29, 1.82) is 0 Å². The minimum atomic E-state index is -0.704. The summed E-state index contributed by atoms with van der Waals surface area (Å²) in [5, 5.41) is 3.49. The maximum absolute atomic E-state index is 12.6. The van der Waals surface area contributed by atoms with E-state index < -0.39 is 5.97 Å². The van der Waals surface area contributed by atoms with E-state index >= 15 is 0 Å². The molecule has 1 fully saturated rings. The standard InChI is InChI=1S/C23H23NO6/c25-21(24-13-17-9-6-12-27-17)15-29-23(26)22-19(14-28-16-7-2-1-3-8-16)18-10-4-5-11-20(18)30-22/h1-5,7-8,10-11,17H,6,9,12-15H2,(H,24,25). The van der Waals surface area contributed by atoms with Gasteiger partial charge in [0, 0.05) is 18.5 Å². The molecule has 0 saturated carbocycles. The number of amides is 1. The number of benzene rings is 2. The number of para-hydroxylation sites is 2. The van der Waals surface area contributed by atoms with E-state index in [9.17, 15) is 9.59 Å². The molecule has 3 aromatic rings. The summed E-state index contributed by atoms with van der Waals surface area (Å²) in [5.41, 5.74) is 1.14. The number of fused-ring (bicyclic) bond motifs is 1. The first-order valence-corrected chi connectivity index (χ1v) is 9.94. The van der Waals surface area contributed by atoms with E-state index in [-0.39, 0.29) is 31.0 Å². The number of carbonyl (C=O) groups excluding carboxylic acids is 2. The van der Waals surface area contributed by atoms with Crippen molar-refractivity contribution >= 4 is 22.8 Å². The molecule has 0 spiro atoms. The molecule has 7 heteroatoms. The van der Waals surface area contributed by atoms with Crippen LogP contribution in [0.15, 0.2) is 59.0 Å². The molecule has 30 heavy (non-hydrogen) atoms. The average Bonchev–Trinajstić information content (AvgIpc) is 3.43. The number of furan rings is 1. The largest absolute Gasteiger partial charge is 0.489 e. The zero-order valence-corrected chi connectivity index (χ0v) is 16.5. The molecule has 2 aromatic carbocycles. The molecule has 0 bridgehead atoms. The fraction of sp³-hybridized carbons (Fsp3) is 0.304. The molecular formula is C23H23NO6. The van der Waals surface area contributed by atoms with Crippen LogP contribution in [0.3, 0.4) is 0 Å². The Morgan fingerprint density at radius 3 is 2.67 bits per heavy atom. The molecule has 1 amide bonds. The molecule has 0 radical (unpaired) electrons. The van der Waals surface area contributed by atoms with Crippen molar-refractivity contribution in [2.75, 3.05) is 19.8 Å². The lowest BCUT2D eigenvalue weighted by molar-refractivity contribution is -0.124. The molecule has 1 N–H and O–H groups in total. The van der Waals surface area contributed by atoms with Gasteiger partial charge < -0.3 is 23.9 Å². The fourth-order valence-corrected chi connectivity index (χ4v) is 3.36. The monoisotopic (exact) mass is 409 g/mol. The molecule has 1 aliphatic heterocycles. The van der Waals surface area contributed by atoms with Gasteiger partial charge >= 0.3 is 5.97 Å². The van der Waals surface area contributed by atoms with Gasteiger partial charge in [0.15, 0.2) is 6.61 Å². The first-order chi connectivity index (χ1) is 14.7. The Kier molecular flexibility index (Phi) is 6.29. The van der Waals surface area contributed by atoms with Crippen LogP contribution in [-0.4, -0.2) is 37.7 Å². The van der Waals surface area contributed by atoms with E-state index in [4.69, 9.17) is 18.6 Å². The van der Waals surface area contributed by atoms with Crippen LogP contribution in [0.5, 0.6) is 5.75 Å². The van der Waals surface area contributed by atoms with Crippen LogP contribution in [0.4, 0.5) is 0 Å². The van der Waals surface area contributed by atoms with E-state index in [0.29, 0.717) is 23.4 Å². The summed E-state index contributed by atoms with van der Waals surface area (Å²) in [7, 11) is 0. The molecule has 7 nitrogen and oxygen atoms in total. The summed E-state index contributed by atoms with van der Waals surface area (Å²) in [4.78, 5) is 24.6. The second-order valence-corrected chi connectivity index (χ2v) is 7.02. The molecule has 156 valence electrons. The highest BCUT2D eigenvalue weighted by molar-refractivity contribution is 5.96. The lowest BCUT2D eigenvalue weighted by Crippen LogP contribution is -2.34. The molecule has 1 aliphatic rings. The lowest BCUT2D eigenvalue weighted by atomic mass is 10.1. The number of hydrogen-bond acceptors (Lipinski definition) is 6. The van der Waals surface area contributed by atoms with Gasteiger partial charge in [-0.25, -0.2) is 4.79 Å². The number of ether oxygens (including phenoxy) is 3. The van der Waals surface area contributed by atoms with Gasteiger partial charge in [-0.15, -0.1) is 0 Å². The van der Waals surface area contributed by atoms with E-state index in [0.717, 1.165) is 24.8 Å². The Morgan fingerprint density at radius 1 is 1.07 bits per heavy atom. The van der Waals surface area contributed by atoms with Gasteiger partial charge in [-0.05, 0) is 31.0 Å². The minimum absolute atomic E-state index is 0.0294. The molecule has 2 heterocycles. The van der Waals surface area contributed by atoms with Gasteiger partial charge in [-0.2, -0.15) is 0 Å². The van der Waals surface area contributed by atoms with E-state index in [2.05, 4.69) is 5.32 Å². The maximum Gasteiger partial charge on any atom is 0.375 e. The Bertz CT molecular complexity index is 1010. The predicted molar refractivity (Wildman–Crippen MR) is 109 cm³/mol. The zero-order valence-electron chi connectivity index (χ0n) is 16.5. The van der Waals surface area contributed by atoms with Crippen molar-refractivity contribution < 1.29 is 28.2 Å². The van der Waals surface area contributed by atoms with Crippen LogP contribution >= 0.6 is 0 Å². The zero-order chi connectivity index (χ0) is 20.8. The molecule has 1 unspecified atom stereocenters. The highest BCUT2D eigenvalue weighted by atomic mass is 16.5. The van der Waals surface area contributed by atoms with Crippen LogP contribution in [0, 0.1) is 0 Å². The normalized spacial score (nSPS) is 15.8. The highest BCUT2D eigenvalue weighted by Crippen LogP contribution is 2.28. The average molecular weight is 409 g/mol. The van der Waals surface area contributed by atoms with Crippen LogP contribution in [-0.2, 0) is 20.9 Å². The van der Waals surface area contributed by atoms with E-state index in [1.807, 2.05) is 48.5 Å². The van der Waals surface area contributed by atoms with E-state index in [1.165, 1.54) is 0 Å². The topological polar surface area (TPSA) is 87.0 Å². The van der Waals surface area contributed by atoms with Gasteiger partial charge in [0.05, 0.1) is 11.7 Å².